The first-order chi connectivity index (χ1) is 15.4. The summed E-state index contributed by atoms with van der Waals surface area (Å²) in [5.41, 5.74) is 0.104. The summed E-state index contributed by atoms with van der Waals surface area (Å²) in [7, 11) is -7.80. The zero-order valence-corrected chi connectivity index (χ0v) is 21.1. The number of piperazine rings is 1. The summed E-state index contributed by atoms with van der Waals surface area (Å²) >= 11 is 18.1. The molecule has 3 rings (SSSR count). The van der Waals surface area contributed by atoms with Gasteiger partial charge in [-0.25, -0.2) is 26.0 Å². The quantitative estimate of drug-likeness (QED) is 0.523. The number of halogens is 3. The highest BCUT2D eigenvalue weighted by molar-refractivity contribution is 7.89. The van der Waals surface area contributed by atoms with Crippen LogP contribution in [0.25, 0.3) is 0 Å². The van der Waals surface area contributed by atoms with Crippen LogP contribution in [-0.2, 0) is 20.0 Å². The molecule has 1 fully saturated rings. The van der Waals surface area contributed by atoms with Gasteiger partial charge in [0.05, 0.1) is 23.9 Å². The Bertz CT molecular complexity index is 1280. The molecule has 0 aliphatic carbocycles. The number of hydrogen-bond acceptors (Lipinski definition) is 7. The second kappa shape index (κ2) is 10.3. The summed E-state index contributed by atoms with van der Waals surface area (Å²) in [5.74, 6) is 0.157. The highest BCUT2D eigenvalue weighted by Gasteiger charge is 2.38. The molecule has 0 amide bonds. The van der Waals surface area contributed by atoms with E-state index in [0.29, 0.717) is 10.0 Å². The molecule has 33 heavy (non-hydrogen) atoms. The number of nitrogens with zero attached hydrogens (tertiary/aromatic N) is 3. The maximum absolute atomic E-state index is 13.7. The van der Waals surface area contributed by atoms with Crippen molar-refractivity contribution in [3.05, 3.63) is 52.0 Å². The number of rotatable bonds is 7. The van der Waals surface area contributed by atoms with E-state index in [0.717, 1.165) is 10.6 Å². The van der Waals surface area contributed by atoms with Crippen LogP contribution in [0.4, 0.5) is 0 Å². The van der Waals surface area contributed by atoms with Crippen molar-refractivity contribution in [2.24, 2.45) is 0 Å². The first kappa shape index (κ1) is 26.0. The van der Waals surface area contributed by atoms with Crippen molar-refractivity contribution >= 4 is 55.0 Å². The minimum atomic E-state index is -4.23. The maximum Gasteiger partial charge on any atom is 0.247 e. The topological polar surface area (TPSA) is 120 Å². The average molecular weight is 554 g/mol. The number of nitriles is 1. The molecular formula is C19H19Cl3N4O5S2. The van der Waals surface area contributed by atoms with Gasteiger partial charge < -0.3 is 4.74 Å². The summed E-state index contributed by atoms with van der Waals surface area (Å²) < 4.78 is 61.2. The summed E-state index contributed by atoms with van der Waals surface area (Å²) in [4.78, 5) is -0.259. The molecule has 0 radical (unpaired) electrons. The fourth-order valence-electron chi connectivity index (χ4n) is 3.24. The monoisotopic (exact) mass is 552 g/mol. The van der Waals surface area contributed by atoms with Gasteiger partial charge in [0.1, 0.15) is 16.4 Å². The van der Waals surface area contributed by atoms with Crippen LogP contribution in [-0.4, -0.2) is 64.0 Å². The normalized spacial score (nSPS) is 18.1. The molecule has 1 N–H and O–H groups in total. The van der Waals surface area contributed by atoms with E-state index >= 15 is 0 Å². The van der Waals surface area contributed by atoms with E-state index in [1.165, 1.54) is 40.8 Å². The molecule has 2 aromatic carbocycles. The van der Waals surface area contributed by atoms with Gasteiger partial charge in [-0.2, -0.15) is 9.57 Å². The number of hydrogen-bond donors (Lipinski definition) is 1. The molecule has 1 saturated heterocycles. The Labute approximate surface area is 207 Å². The van der Waals surface area contributed by atoms with Crippen LogP contribution in [0.15, 0.2) is 41.3 Å². The van der Waals surface area contributed by atoms with E-state index in [9.17, 15) is 22.1 Å². The van der Waals surface area contributed by atoms with Crippen LogP contribution in [0.2, 0.25) is 10.0 Å². The van der Waals surface area contributed by atoms with Gasteiger partial charge >= 0.3 is 0 Å². The molecule has 14 heteroatoms. The summed E-state index contributed by atoms with van der Waals surface area (Å²) in [6, 6.07) is 9.52. The predicted octanol–water partition coefficient (Wildman–Crippen LogP) is 3.04. The lowest BCUT2D eigenvalue weighted by atomic mass is 10.2. The largest absolute Gasteiger partial charge is 0.456 e. The molecule has 1 heterocycles. The van der Waals surface area contributed by atoms with Crippen molar-refractivity contribution in [1.29, 1.82) is 5.26 Å². The summed E-state index contributed by atoms with van der Waals surface area (Å²) in [6.45, 7) is 0.121. The minimum absolute atomic E-state index is 0.00115. The molecule has 1 aliphatic rings. The maximum atomic E-state index is 13.7. The first-order valence-corrected chi connectivity index (χ1v) is 13.9. The molecule has 1 unspecified atom stereocenters. The standard InChI is InChI=1S/C19H19Cl3N4O5S2/c1-32(27,28)24-11-16-12-25(22)4-5-26(16)33(29,30)19-6-13(10-23)2-3-18(19)31-17-8-14(20)7-15(21)9-17/h2-3,6-9,16,24H,4-5,11-12H2,1H3. The zero-order valence-electron chi connectivity index (χ0n) is 17.2. The van der Waals surface area contributed by atoms with Crippen molar-refractivity contribution < 1.29 is 21.6 Å². The Hall–Kier alpha value is -1.62. The van der Waals surface area contributed by atoms with Crippen LogP contribution in [0.3, 0.4) is 0 Å². The fraction of sp³-hybridized carbons (Fsp3) is 0.316. The lowest BCUT2D eigenvalue weighted by Gasteiger charge is -2.37. The van der Waals surface area contributed by atoms with Crippen molar-refractivity contribution in [2.45, 2.75) is 10.9 Å². The molecule has 1 aliphatic heterocycles. The van der Waals surface area contributed by atoms with Gasteiger partial charge in [0.15, 0.2) is 0 Å². The molecule has 0 saturated carbocycles. The molecule has 0 spiro atoms. The SMILES string of the molecule is CS(=O)(=O)NCC1CN(Cl)CCN1S(=O)(=O)c1cc(C#N)ccc1Oc1cc(Cl)cc(Cl)c1. The van der Waals surface area contributed by atoms with Gasteiger partial charge in [0.25, 0.3) is 0 Å². The van der Waals surface area contributed by atoms with Gasteiger partial charge in [-0.3, -0.25) is 0 Å². The molecule has 0 aromatic heterocycles. The third-order valence-corrected chi connectivity index (χ3v) is 8.09. The van der Waals surface area contributed by atoms with Crippen LogP contribution < -0.4 is 9.46 Å². The van der Waals surface area contributed by atoms with Crippen molar-refractivity contribution in [1.82, 2.24) is 13.4 Å². The Balaban J connectivity index is 2.03. The first-order valence-electron chi connectivity index (χ1n) is 9.44. The second-order valence-corrected chi connectivity index (χ2v) is 12.3. The van der Waals surface area contributed by atoms with Gasteiger partial charge in [-0.15, -0.1) is 0 Å². The highest BCUT2D eigenvalue weighted by atomic mass is 35.5. The van der Waals surface area contributed by atoms with E-state index in [1.54, 1.807) is 0 Å². The van der Waals surface area contributed by atoms with E-state index in [4.69, 9.17) is 39.7 Å². The van der Waals surface area contributed by atoms with Crippen LogP contribution in [0.1, 0.15) is 5.56 Å². The van der Waals surface area contributed by atoms with Crippen LogP contribution in [0, 0.1) is 11.3 Å². The summed E-state index contributed by atoms with van der Waals surface area (Å²) in [5, 5.41) is 9.90. The third-order valence-electron chi connectivity index (χ3n) is 4.68. The van der Waals surface area contributed by atoms with Crippen molar-refractivity contribution in [3.63, 3.8) is 0 Å². The number of sulfonamides is 2. The van der Waals surface area contributed by atoms with Gasteiger partial charge in [0, 0.05) is 36.2 Å². The van der Waals surface area contributed by atoms with Gasteiger partial charge in [-0.1, -0.05) is 23.2 Å². The highest BCUT2D eigenvalue weighted by Crippen LogP contribution is 2.35. The van der Waals surface area contributed by atoms with Gasteiger partial charge in [0.2, 0.25) is 20.0 Å². The Morgan fingerprint density at radius 1 is 1.12 bits per heavy atom. The second-order valence-electron chi connectivity index (χ2n) is 7.24. The fourth-order valence-corrected chi connectivity index (χ4v) is 6.22. The molecule has 0 bridgehead atoms. The molecule has 2 aromatic rings. The molecule has 1 atom stereocenters. The van der Waals surface area contributed by atoms with Crippen LogP contribution in [0.5, 0.6) is 11.5 Å². The number of nitrogens with one attached hydrogen (secondary N) is 1. The zero-order chi connectivity index (χ0) is 24.4. The Morgan fingerprint density at radius 3 is 2.39 bits per heavy atom. The predicted molar refractivity (Wildman–Crippen MR) is 126 cm³/mol. The van der Waals surface area contributed by atoms with Crippen LogP contribution >= 0.6 is 35.0 Å². The minimum Gasteiger partial charge on any atom is -0.456 e. The van der Waals surface area contributed by atoms with E-state index in [-0.39, 0.29) is 48.1 Å². The number of ether oxygens (including phenoxy) is 1. The Kier molecular flexibility index (Phi) is 8.14. The van der Waals surface area contributed by atoms with Crippen molar-refractivity contribution in [3.8, 4) is 17.6 Å². The van der Waals surface area contributed by atoms with Crippen molar-refractivity contribution in [2.75, 3.05) is 32.4 Å². The average Bonchev–Trinajstić information content (AvgIpc) is 2.71. The number of benzene rings is 2. The lowest BCUT2D eigenvalue weighted by Crippen LogP contribution is -2.56. The summed E-state index contributed by atoms with van der Waals surface area (Å²) in [6.07, 6.45) is 0.978. The lowest BCUT2D eigenvalue weighted by molar-refractivity contribution is 0.206. The Morgan fingerprint density at radius 2 is 1.79 bits per heavy atom. The van der Waals surface area contributed by atoms with Gasteiger partial charge in [-0.05, 0) is 48.2 Å². The smallest absolute Gasteiger partial charge is 0.247 e. The van der Waals surface area contributed by atoms with E-state index in [1.807, 2.05) is 6.07 Å². The molecular weight excluding hydrogens is 535 g/mol. The molecule has 9 nitrogen and oxygen atoms in total. The molecule has 178 valence electrons. The van der Waals surface area contributed by atoms with E-state index < -0.39 is 26.1 Å². The van der Waals surface area contributed by atoms with E-state index in [2.05, 4.69) is 4.72 Å². The third kappa shape index (κ3) is 6.71.